The topological polar surface area (TPSA) is 40.5 Å². The zero-order valence-corrected chi connectivity index (χ0v) is 9.03. The monoisotopic (exact) mass is 205 g/mol. The third-order valence-corrected chi connectivity index (χ3v) is 2.27. The summed E-state index contributed by atoms with van der Waals surface area (Å²) in [7, 11) is 0. The van der Waals surface area contributed by atoms with Crippen LogP contribution in [0.25, 0.3) is 0 Å². The molecule has 4 radical (unpaired) electrons. The van der Waals surface area contributed by atoms with Gasteiger partial charge in [-0.2, -0.15) is 0 Å². The highest BCUT2D eigenvalue weighted by Crippen LogP contribution is 2.23. The first-order valence-corrected chi connectivity index (χ1v) is 4.76. The summed E-state index contributed by atoms with van der Waals surface area (Å²) in [4.78, 5) is 12.6. The number of hydrogen-bond acceptors (Lipinski definition) is 3. The molecule has 0 fully saturated rings. The van der Waals surface area contributed by atoms with Crippen LogP contribution in [-0.2, 0) is 0 Å². The number of hydrogen-bond donors (Lipinski definition) is 1. The van der Waals surface area contributed by atoms with Gasteiger partial charge >= 0.3 is 0 Å². The Morgan fingerprint density at radius 2 is 1.93 bits per heavy atom. The molecule has 0 atom stereocenters. The fraction of sp³-hybridized carbons (Fsp3) is 0.333. The molecule has 0 spiro atoms. The molecule has 80 valence electrons. The number of aromatic hydroxyl groups is 1. The van der Waals surface area contributed by atoms with Crippen molar-refractivity contribution in [1.82, 2.24) is 0 Å². The van der Waals surface area contributed by atoms with Crippen molar-refractivity contribution in [2.24, 2.45) is 0 Å². The smallest absolute Gasteiger partial charge is 0.153 e. The van der Waals surface area contributed by atoms with Gasteiger partial charge in [-0.1, -0.05) is 0 Å². The molecule has 0 aromatic heterocycles. The fourth-order valence-corrected chi connectivity index (χ4v) is 1.42. The fourth-order valence-electron chi connectivity index (χ4n) is 1.42. The van der Waals surface area contributed by atoms with Gasteiger partial charge in [-0.05, 0) is 26.0 Å². The summed E-state index contributed by atoms with van der Waals surface area (Å²) in [5.74, 6) is 0.0457. The molecule has 0 heterocycles. The molecule has 0 aliphatic rings. The van der Waals surface area contributed by atoms with Crippen LogP contribution in [-0.4, -0.2) is 24.5 Å². The van der Waals surface area contributed by atoms with Gasteiger partial charge < -0.3 is 10.0 Å². The molecule has 1 N–H and O–H groups in total. The molecule has 0 aliphatic carbocycles. The van der Waals surface area contributed by atoms with Crippen molar-refractivity contribution in [3.63, 3.8) is 0 Å². The Morgan fingerprint density at radius 3 is 2.33 bits per heavy atom. The number of carbonyl (C=O) groups excluding carboxylic acids is 1. The van der Waals surface area contributed by atoms with Crippen LogP contribution in [0, 0.1) is 7.43 Å². The summed E-state index contributed by atoms with van der Waals surface area (Å²) in [6.45, 7) is 5.87. The molecule has 0 amide bonds. The average molecular weight is 205 g/mol. The zero-order valence-electron chi connectivity index (χ0n) is 9.03. The third-order valence-electron chi connectivity index (χ3n) is 2.27. The molecule has 1 aromatic carbocycles. The Hall–Kier alpha value is -1.51. The minimum atomic E-state index is 0. The molecule has 1 aromatic rings. The molecule has 0 aliphatic heterocycles. The maximum absolute atomic E-state index is 10.5. The number of phenolic OH excluding ortho intramolecular Hbond substituents is 1. The van der Waals surface area contributed by atoms with E-state index in [0.717, 1.165) is 18.8 Å². The summed E-state index contributed by atoms with van der Waals surface area (Å²) in [6, 6.07) is 5.10. The quantitative estimate of drug-likeness (QED) is 0.765. The minimum absolute atomic E-state index is 0. The number of nitrogens with zero attached hydrogens (tertiary/aromatic N) is 1. The summed E-state index contributed by atoms with van der Waals surface area (Å²) < 4.78 is 0. The molecule has 15 heavy (non-hydrogen) atoms. The first-order chi connectivity index (χ1) is 6.72. The molecule has 1 rings (SSSR count). The SMILES string of the molecule is CCN(CC)c1ccc(C=O)c(O)c1.[C]. The van der Waals surface area contributed by atoms with Crippen LogP contribution in [0.1, 0.15) is 24.2 Å². The average Bonchev–Trinajstić information content (AvgIpc) is 2.20. The van der Waals surface area contributed by atoms with Crippen molar-refractivity contribution >= 4 is 12.0 Å². The van der Waals surface area contributed by atoms with Crippen molar-refractivity contribution in [2.75, 3.05) is 18.0 Å². The van der Waals surface area contributed by atoms with Gasteiger partial charge in [0.25, 0.3) is 0 Å². The molecular weight excluding hydrogens is 190 g/mol. The lowest BCUT2D eigenvalue weighted by Crippen LogP contribution is -2.21. The van der Waals surface area contributed by atoms with Gasteiger partial charge in [-0.3, -0.25) is 4.79 Å². The number of phenols is 1. The maximum atomic E-state index is 10.5. The second-order valence-electron chi connectivity index (χ2n) is 3.03. The van der Waals surface area contributed by atoms with Gasteiger partial charge in [0.15, 0.2) is 6.29 Å². The lowest BCUT2D eigenvalue weighted by atomic mass is 10.2. The van der Waals surface area contributed by atoms with E-state index >= 15 is 0 Å². The van der Waals surface area contributed by atoms with Gasteiger partial charge in [0.05, 0.1) is 5.56 Å². The van der Waals surface area contributed by atoms with E-state index in [2.05, 4.69) is 4.90 Å². The Bertz CT molecular complexity index is 319. The molecule has 0 saturated carbocycles. The van der Waals surface area contributed by atoms with E-state index < -0.39 is 0 Å². The van der Waals surface area contributed by atoms with Crippen LogP contribution in [0.15, 0.2) is 18.2 Å². The van der Waals surface area contributed by atoms with Gasteiger partial charge in [-0.25, -0.2) is 0 Å². The van der Waals surface area contributed by atoms with Crippen molar-refractivity contribution in [1.29, 1.82) is 0 Å². The summed E-state index contributed by atoms with van der Waals surface area (Å²) >= 11 is 0. The van der Waals surface area contributed by atoms with E-state index in [4.69, 9.17) is 0 Å². The van der Waals surface area contributed by atoms with E-state index in [1.165, 1.54) is 0 Å². The van der Waals surface area contributed by atoms with E-state index in [-0.39, 0.29) is 13.2 Å². The Labute approximate surface area is 91.3 Å². The number of benzene rings is 1. The van der Waals surface area contributed by atoms with Crippen LogP contribution in [0.2, 0.25) is 0 Å². The first kappa shape index (κ1) is 13.5. The van der Waals surface area contributed by atoms with Gasteiger partial charge in [0.1, 0.15) is 5.75 Å². The van der Waals surface area contributed by atoms with Crippen molar-refractivity contribution in [3.8, 4) is 5.75 Å². The second-order valence-corrected chi connectivity index (χ2v) is 3.03. The molecule has 0 bridgehead atoms. The third kappa shape index (κ3) is 2.98. The van der Waals surface area contributed by atoms with Crippen molar-refractivity contribution < 1.29 is 9.90 Å². The maximum Gasteiger partial charge on any atom is 0.153 e. The van der Waals surface area contributed by atoms with Crippen LogP contribution in [0.3, 0.4) is 0 Å². The van der Waals surface area contributed by atoms with Crippen LogP contribution in [0.5, 0.6) is 5.75 Å². The van der Waals surface area contributed by atoms with E-state index in [9.17, 15) is 9.90 Å². The van der Waals surface area contributed by atoms with Crippen LogP contribution >= 0.6 is 0 Å². The molecule has 0 saturated heterocycles. The molecular formula is C12H15NO2. The largest absolute Gasteiger partial charge is 0.507 e. The lowest BCUT2D eigenvalue weighted by Gasteiger charge is -2.21. The number of rotatable bonds is 4. The van der Waals surface area contributed by atoms with Gasteiger partial charge in [0.2, 0.25) is 0 Å². The van der Waals surface area contributed by atoms with E-state index in [1.807, 2.05) is 19.9 Å². The minimum Gasteiger partial charge on any atom is -0.507 e. The zero-order chi connectivity index (χ0) is 10.6. The summed E-state index contributed by atoms with van der Waals surface area (Å²) in [5, 5.41) is 9.47. The Kier molecular flexibility index (Phi) is 5.45. The van der Waals surface area contributed by atoms with E-state index in [1.54, 1.807) is 12.1 Å². The number of anilines is 1. The molecule has 3 nitrogen and oxygen atoms in total. The highest BCUT2D eigenvalue weighted by molar-refractivity contribution is 5.80. The highest BCUT2D eigenvalue weighted by atomic mass is 16.3. The van der Waals surface area contributed by atoms with Gasteiger partial charge in [0, 0.05) is 32.3 Å². The molecule has 0 unspecified atom stereocenters. The predicted octanol–water partition coefficient (Wildman–Crippen LogP) is 2.13. The standard InChI is InChI=1S/C11H15NO2.C/c1-3-12(4-2)10-6-5-9(8-13)11(14)7-10;/h5-8,14H,3-4H2,1-2H3;. The van der Waals surface area contributed by atoms with E-state index in [0.29, 0.717) is 11.8 Å². The predicted molar refractivity (Wildman–Crippen MR) is 60.3 cm³/mol. The first-order valence-electron chi connectivity index (χ1n) is 4.76. The van der Waals surface area contributed by atoms with Crippen LogP contribution in [0.4, 0.5) is 5.69 Å². The normalized spacial score (nSPS) is 9.20. The Balaban J connectivity index is 0.00000196. The van der Waals surface area contributed by atoms with Crippen LogP contribution < -0.4 is 4.90 Å². The summed E-state index contributed by atoms with van der Waals surface area (Å²) in [5.41, 5.74) is 1.28. The van der Waals surface area contributed by atoms with Gasteiger partial charge in [-0.15, -0.1) is 0 Å². The second kappa shape index (κ2) is 6.06. The van der Waals surface area contributed by atoms with Crippen molar-refractivity contribution in [2.45, 2.75) is 13.8 Å². The highest BCUT2D eigenvalue weighted by Gasteiger charge is 2.05. The number of aldehydes is 1. The van der Waals surface area contributed by atoms with Crippen molar-refractivity contribution in [3.05, 3.63) is 31.2 Å². The lowest BCUT2D eigenvalue weighted by molar-refractivity contribution is 0.112. The summed E-state index contributed by atoms with van der Waals surface area (Å²) in [6.07, 6.45) is 0.654. The number of carbonyl (C=O) groups is 1. The molecule has 3 heteroatoms. The Morgan fingerprint density at radius 1 is 1.33 bits per heavy atom.